The highest BCUT2D eigenvalue weighted by molar-refractivity contribution is 7.92. The Bertz CT molecular complexity index is 528. The molecule has 1 N–H and O–H groups in total. The number of ether oxygens (including phenoxy) is 1. The number of aryl methyl sites for hydroxylation is 1. The third-order valence-electron chi connectivity index (χ3n) is 3.79. The summed E-state index contributed by atoms with van der Waals surface area (Å²) in [7, 11) is -1.81. The maximum absolute atomic E-state index is 12.9. The Kier molecular flexibility index (Phi) is 4.28. The summed E-state index contributed by atoms with van der Waals surface area (Å²) in [6.45, 7) is 3.60. The van der Waals surface area contributed by atoms with Crippen LogP contribution in [-0.2, 0) is 14.6 Å². The van der Waals surface area contributed by atoms with Gasteiger partial charge in [-0.3, -0.25) is 0 Å². The second kappa shape index (κ2) is 5.61. The number of sulfone groups is 1. The number of methoxy groups -OCH3 is 1. The van der Waals surface area contributed by atoms with Crippen LogP contribution in [0.2, 0.25) is 0 Å². The van der Waals surface area contributed by atoms with Gasteiger partial charge in [0.25, 0.3) is 0 Å². The van der Waals surface area contributed by atoms with Gasteiger partial charge in [0, 0.05) is 7.11 Å². The summed E-state index contributed by atoms with van der Waals surface area (Å²) in [6, 6.07) is 7.13. The minimum absolute atomic E-state index is 0.255. The molecule has 2 rings (SSSR count). The van der Waals surface area contributed by atoms with Crippen molar-refractivity contribution < 1.29 is 13.2 Å². The second-order valence-electron chi connectivity index (χ2n) is 5.19. The lowest BCUT2D eigenvalue weighted by Crippen LogP contribution is -2.50. The fraction of sp³-hybridized carbons (Fsp3) is 0.571. The van der Waals surface area contributed by atoms with Crippen LogP contribution in [0.3, 0.4) is 0 Å². The van der Waals surface area contributed by atoms with Crippen LogP contribution in [0.15, 0.2) is 29.2 Å². The summed E-state index contributed by atoms with van der Waals surface area (Å²) in [5.74, 6) is 0. The van der Waals surface area contributed by atoms with E-state index < -0.39 is 14.6 Å². The average molecular weight is 283 g/mol. The van der Waals surface area contributed by atoms with Crippen molar-refractivity contribution in [3.05, 3.63) is 29.8 Å². The summed E-state index contributed by atoms with van der Waals surface area (Å²) in [5.41, 5.74) is 0.961. The largest absolute Gasteiger partial charge is 0.383 e. The molecule has 0 aliphatic carbocycles. The van der Waals surface area contributed by atoms with E-state index in [-0.39, 0.29) is 6.61 Å². The maximum atomic E-state index is 12.9. The summed E-state index contributed by atoms with van der Waals surface area (Å²) in [4.78, 5) is 0.409. The van der Waals surface area contributed by atoms with Crippen LogP contribution in [0, 0.1) is 6.92 Å². The summed E-state index contributed by atoms with van der Waals surface area (Å²) >= 11 is 0. The van der Waals surface area contributed by atoms with Crippen LogP contribution < -0.4 is 5.32 Å². The van der Waals surface area contributed by atoms with Crippen molar-refractivity contribution in [1.29, 1.82) is 0 Å². The zero-order valence-electron chi connectivity index (χ0n) is 11.5. The molecule has 0 atom stereocenters. The van der Waals surface area contributed by atoms with Crippen molar-refractivity contribution in [2.45, 2.75) is 29.4 Å². The van der Waals surface area contributed by atoms with Gasteiger partial charge in [-0.05, 0) is 50.6 Å². The van der Waals surface area contributed by atoms with Crippen LogP contribution in [0.4, 0.5) is 0 Å². The second-order valence-corrected chi connectivity index (χ2v) is 7.53. The fourth-order valence-corrected chi connectivity index (χ4v) is 4.78. The van der Waals surface area contributed by atoms with E-state index in [9.17, 15) is 8.42 Å². The molecule has 5 heteroatoms. The van der Waals surface area contributed by atoms with E-state index in [0.717, 1.165) is 5.56 Å². The van der Waals surface area contributed by atoms with Gasteiger partial charge in [-0.2, -0.15) is 0 Å². The normalized spacial score (nSPS) is 19.3. The summed E-state index contributed by atoms with van der Waals surface area (Å²) in [6.07, 6.45) is 1.19. The number of hydrogen-bond acceptors (Lipinski definition) is 4. The van der Waals surface area contributed by atoms with Gasteiger partial charge < -0.3 is 10.1 Å². The van der Waals surface area contributed by atoms with Crippen molar-refractivity contribution in [2.24, 2.45) is 0 Å². The Morgan fingerprint density at radius 2 is 2.00 bits per heavy atom. The monoisotopic (exact) mass is 283 g/mol. The minimum atomic E-state index is -3.37. The first-order valence-corrected chi connectivity index (χ1v) is 8.01. The zero-order chi connectivity index (χ0) is 13.9. The van der Waals surface area contributed by atoms with Gasteiger partial charge in [-0.25, -0.2) is 8.42 Å². The van der Waals surface area contributed by atoms with Crippen molar-refractivity contribution in [3.63, 3.8) is 0 Å². The molecule has 1 heterocycles. The third-order valence-corrected chi connectivity index (χ3v) is 6.33. The number of nitrogens with one attached hydrogen (secondary N) is 1. The maximum Gasteiger partial charge on any atom is 0.186 e. The van der Waals surface area contributed by atoms with E-state index in [1.54, 1.807) is 25.3 Å². The molecule has 1 aliphatic rings. The van der Waals surface area contributed by atoms with Crippen LogP contribution in [0.25, 0.3) is 0 Å². The minimum Gasteiger partial charge on any atom is -0.383 e. The number of hydrogen-bond donors (Lipinski definition) is 1. The molecule has 0 radical (unpaired) electrons. The van der Waals surface area contributed by atoms with Crippen molar-refractivity contribution >= 4 is 9.84 Å². The van der Waals surface area contributed by atoms with E-state index in [4.69, 9.17) is 4.74 Å². The molecule has 0 bridgehead atoms. The molecule has 0 aromatic heterocycles. The lowest BCUT2D eigenvalue weighted by atomic mass is 9.98. The highest BCUT2D eigenvalue weighted by atomic mass is 32.2. The molecule has 106 valence electrons. The highest BCUT2D eigenvalue weighted by Crippen LogP contribution is 2.34. The molecule has 0 spiro atoms. The van der Waals surface area contributed by atoms with Gasteiger partial charge >= 0.3 is 0 Å². The topological polar surface area (TPSA) is 55.4 Å². The van der Waals surface area contributed by atoms with Crippen LogP contribution >= 0.6 is 0 Å². The van der Waals surface area contributed by atoms with E-state index in [1.807, 2.05) is 13.0 Å². The molecule has 0 unspecified atom stereocenters. The Hall–Kier alpha value is -0.910. The Labute approximate surface area is 115 Å². The SMILES string of the molecule is COCC1(S(=O)(=O)c2cccc(C)c2)CCNCC1. The first-order chi connectivity index (χ1) is 9.02. The smallest absolute Gasteiger partial charge is 0.186 e. The zero-order valence-corrected chi connectivity index (χ0v) is 12.3. The Morgan fingerprint density at radius 3 is 2.58 bits per heavy atom. The van der Waals surface area contributed by atoms with Gasteiger partial charge in [-0.15, -0.1) is 0 Å². The molecule has 4 nitrogen and oxygen atoms in total. The Balaban J connectivity index is 2.45. The predicted molar refractivity (Wildman–Crippen MR) is 75.1 cm³/mol. The van der Waals surface area contributed by atoms with E-state index in [0.29, 0.717) is 30.8 Å². The molecule has 19 heavy (non-hydrogen) atoms. The van der Waals surface area contributed by atoms with Crippen LogP contribution in [0.1, 0.15) is 18.4 Å². The van der Waals surface area contributed by atoms with Crippen molar-refractivity contribution in [3.8, 4) is 0 Å². The molecule has 0 amide bonds. The highest BCUT2D eigenvalue weighted by Gasteiger charge is 2.45. The molecule has 1 fully saturated rings. The van der Waals surface area contributed by atoms with Gasteiger partial charge in [0.05, 0.1) is 11.5 Å². The molecule has 1 aliphatic heterocycles. The Morgan fingerprint density at radius 1 is 1.32 bits per heavy atom. The van der Waals surface area contributed by atoms with Crippen molar-refractivity contribution in [2.75, 3.05) is 26.8 Å². The number of piperidine rings is 1. The van der Waals surface area contributed by atoms with Crippen LogP contribution in [-0.4, -0.2) is 40.0 Å². The molecule has 1 aromatic rings. The van der Waals surface area contributed by atoms with Gasteiger partial charge in [-0.1, -0.05) is 12.1 Å². The van der Waals surface area contributed by atoms with Crippen LogP contribution in [0.5, 0.6) is 0 Å². The molecule has 1 aromatic carbocycles. The molecule has 0 saturated carbocycles. The standard InChI is InChI=1S/C14H21NO3S/c1-12-4-3-5-13(10-12)19(16,17)14(11-18-2)6-8-15-9-7-14/h3-5,10,15H,6-9,11H2,1-2H3. The van der Waals surface area contributed by atoms with Gasteiger partial charge in [0.1, 0.15) is 4.75 Å². The first-order valence-electron chi connectivity index (χ1n) is 6.53. The predicted octanol–water partition coefficient (Wildman–Crippen LogP) is 1.54. The molecular weight excluding hydrogens is 262 g/mol. The fourth-order valence-electron chi connectivity index (χ4n) is 2.67. The number of benzene rings is 1. The lowest BCUT2D eigenvalue weighted by molar-refractivity contribution is 0.147. The van der Waals surface area contributed by atoms with E-state index in [2.05, 4.69) is 5.32 Å². The van der Waals surface area contributed by atoms with Crippen molar-refractivity contribution in [1.82, 2.24) is 5.32 Å². The summed E-state index contributed by atoms with van der Waals surface area (Å²) in [5, 5.41) is 3.21. The van der Waals surface area contributed by atoms with E-state index in [1.165, 1.54) is 0 Å². The van der Waals surface area contributed by atoms with Gasteiger partial charge in [0.15, 0.2) is 9.84 Å². The first kappa shape index (κ1) is 14.5. The quantitative estimate of drug-likeness (QED) is 0.910. The van der Waals surface area contributed by atoms with E-state index >= 15 is 0 Å². The summed E-state index contributed by atoms with van der Waals surface area (Å²) < 4.78 is 30.3. The van der Waals surface area contributed by atoms with Gasteiger partial charge in [0.2, 0.25) is 0 Å². The molecule has 1 saturated heterocycles. The molecular formula is C14H21NO3S. The average Bonchev–Trinajstić information content (AvgIpc) is 2.40. The lowest BCUT2D eigenvalue weighted by Gasteiger charge is -2.36. The number of rotatable bonds is 4. The third kappa shape index (κ3) is 2.68.